The first-order valence-corrected chi connectivity index (χ1v) is 9.14. The third-order valence-electron chi connectivity index (χ3n) is 4.60. The monoisotopic (exact) mass is 309 g/mol. The van der Waals surface area contributed by atoms with Gasteiger partial charge in [-0.05, 0) is 51.4 Å². The number of nitrogens with one attached hydrogen (secondary N) is 2. The molecule has 6 heteroatoms. The van der Waals surface area contributed by atoms with Gasteiger partial charge in [0.2, 0.25) is 10.0 Å². The molecule has 5 nitrogen and oxygen atoms in total. The summed E-state index contributed by atoms with van der Waals surface area (Å²) in [6, 6.07) is 8.21. The van der Waals surface area contributed by atoms with Gasteiger partial charge in [-0.25, -0.2) is 13.1 Å². The molecule has 2 unspecified atom stereocenters. The number of sulfonamides is 1. The molecule has 0 radical (unpaired) electrons. The molecular weight excluding hydrogens is 286 g/mol. The Morgan fingerprint density at radius 3 is 2.76 bits per heavy atom. The fourth-order valence-corrected chi connectivity index (χ4v) is 4.52. The SMILES string of the molecule is CNS(=O)(=O)c1ccccc1N1CCCC1C1CCCN1. The minimum absolute atomic E-state index is 0.386. The van der Waals surface area contributed by atoms with Gasteiger partial charge in [-0.1, -0.05) is 12.1 Å². The average Bonchev–Trinajstić information content (AvgIpc) is 3.17. The maximum atomic E-state index is 12.3. The van der Waals surface area contributed by atoms with Crippen molar-refractivity contribution in [2.24, 2.45) is 0 Å². The highest BCUT2D eigenvalue weighted by atomic mass is 32.2. The second-order valence-corrected chi connectivity index (χ2v) is 7.64. The van der Waals surface area contributed by atoms with E-state index in [0.29, 0.717) is 17.0 Å². The first kappa shape index (κ1) is 14.8. The third-order valence-corrected chi connectivity index (χ3v) is 6.06. The van der Waals surface area contributed by atoms with E-state index in [1.165, 1.54) is 19.9 Å². The van der Waals surface area contributed by atoms with Gasteiger partial charge in [0.1, 0.15) is 4.90 Å². The van der Waals surface area contributed by atoms with Crippen LogP contribution < -0.4 is 14.9 Å². The number of rotatable bonds is 4. The normalized spacial score (nSPS) is 26.4. The summed E-state index contributed by atoms with van der Waals surface area (Å²) in [7, 11) is -1.96. The highest BCUT2D eigenvalue weighted by Gasteiger charge is 2.35. The molecule has 2 saturated heterocycles. The summed E-state index contributed by atoms with van der Waals surface area (Å²) in [5, 5.41) is 3.56. The molecule has 1 aromatic rings. The van der Waals surface area contributed by atoms with Crippen LogP contribution in [0.25, 0.3) is 0 Å². The lowest BCUT2D eigenvalue weighted by Gasteiger charge is -2.32. The van der Waals surface area contributed by atoms with Crippen LogP contribution in [-0.2, 0) is 10.0 Å². The summed E-state index contributed by atoms with van der Waals surface area (Å²) in [5.74, 6) is 0. The zero-order chi connectivity index (χ0) is 14.9. The van der Waals surface area contributed by atoms with Crippen molar-refractivity contribution in [3.05, 3.63) is 24.3 Å². The molecule has 0 amide bonds. The molecule has 2 aliphatic heterocycles. The Kier molecular flexibility index (Phi) is 4.19. The maximum absolute atomic E-state index is 12.3. The number of hydrogen-bond donors (Lipinski definition) is 2. The molecular formula is C15H23N3O2S. The molecule has 2 heterocycles. The Bertz CT molecular complexity index is 597. The van der Waals surface area contributed by atoms with E-state index in [4.69, 9.17) is 0 Å². The molecule has 2 atom stereocenters. The van der Waals surface area contributed by atoms with E-state index in [9.17, 15) is 8.42 Å². The van der Waals surface area contributed by atoms with Gasteiger partial charge in [-0.2, -0.15) is 0 Å². The second kappa shape index (κ2) is 5.94. The Hall–Kier alpha value is -1.11. The minimum Gasteiger partial charge on any atom is -0.366 e. The van der Waals surface area contributed by atoms with Gasteiger partial charge in [0.25, 0.3) is 0 Å². The van der Waals surface area contributed by atoms with Gasteiger partial charge in [-0.15, -0.1) is 0 Å². The van der Waals surface area contributed by atoms with Crippen molar-refractivity contribution >= 4 is 15.7 Å². The van der Waals surface area contributed by atoms with E-state index in [0.717, 1.165) is 31.6 Å². The second-order valence-electron chi connectivity index (χ2n) is 5.78. The molecule has 0 aliphatic carbocycles. The first-order chi connectivity index (χ1) is 10.1. The van der Waals surface area contributed by atoms with E-state index in [2.05, 4.69) is 14.9 Å². The lowest BCUT2D eigenvalue weighted by atomic mass is 10.0. The van der Waals surface area contributed by atoms with Crippen molar-refractivity contribution in [1.82, 2.24) is 10.0 Å². The summed E-state index contributed by atoms with van der Waals surface area (Å²) < 4.78 is 26.9. The molecule has 116 valence electrons. The Labute approximate surface area is 126 Å². The fourth-order valence-electron chi connectivity index (χ4n) is 3.58. The summed E-state index contributed by atoms with van der Waals surface area (Å²) in [5.41, 5.74) is 0.836. The number of para-hydroxylation sites is 1. The molecule has 3 rings (SSSR count). The third kappa shape index (κ3) is 2.80. The minimum atomic E-state index is -3.43. The maximum Gasteiger partial charge on any atom is 0.242 e. The van der Waals surface area contributed by atoms with Crippen LogP contribution in [0.5, 0.6) is 0 Å². The van der Waals surface area contributed by atoms with E-state index in [1.54, 1.807) is 12.1 Å². The van der Waals surface area contributed by atoms with Gasteiger partial charge in [0.15, 0.2) is 0 Å². The molecule has 2 fully saturated rings. The average molecular weight is 309 g/mol. The Morgan fingerprint density at radius 2 is 2.05 bits per heavy atom. The van der Waals surface area contributed by atoms with Crippen molar-refractivity contribution in [3.8, 4) is 0 Å². The van der Waals surface area contributed by atoms with Gasteiger partial charge in [0.05, 0.1) is 5.69 Å². The van der Waals surface area contributed by atoms with Crippen LogP contribution in [0, 0.1) is 0 Å². The van der Waals surface area contributed by atoms with Gasteiger partial charge < -0.3 is 10.2 Å². The van der Waals surface area contributed by atoms with Gasteiger partial charge in [0, 0.05) is 18.6 Å². The van der Waals surface area contributed by atoms with Crippen molar-refractivity contribution in [3.63, 3.8) is 0 Å². The first-order valence-electron chi connectivity index (χ1n) is 7.66. The quantitative estimate of drug-likeness (QED) is 0.880. The van der Waals surface area contributed by atoms with Crippen LogP contribution >= 0.6 is 0 Å². The number of anilines is 1. The van der Waals surface area contributed by atoms with E-state index in [1.807, 2.05) is 12.1 Å². The fraction of sp³-hybridized carbons (Fsp3) is 0.600. The van der Waals surface area contributed by atoms with Crippen LogP contribution in [0.15, 0.2) is 29.2 Å². The van der Waals surface area contributed by atoms with Crippen LogP contribution in [-0.4, -0.2) is 40.6 Å². The van der Waals surface area contributed by atoms with Crippen molar-refractivity contribution < 1.29 is 8.42 Å². The summed E-state index contributed by atoms with van der Waals surface area (Å²) >= 11 is 0. The number of nitrogens with zero attached hydrogens (tertiary/aromatic N) is 1. The number of hydrogen-bond acceptors (Lipinski definition) is 4. The smallest absolute Gasteiger partial charge is 0.242 e. The molecule has 2 N–H and O–H groups in total. The zero-order valence-electron chi connectivity index (χ0n) is 12.4. The van der Waals surface area contributed by atoms with Crippen molar-refractivity contribution in [1.29, 1.82) is 0 Å². The summed E-state index contributed by atoms with van der Waals surface area (Å²) in [6.45, 7) is 2.00. The largest absolute Gasteiger partial charge is 0.366 e. The molecule has 1 aromatic carbocycles. The van der Waals surface area contributed by atoms with E-state index < -0.39 is 10.0 Å². The van der Waals surface area contributed by atoms with E-state index in [-0.39, 0.29) is 0 Å². The Balaban J connectivity index is 1.96. The van der Waals surface area contributed by atoms with Crippen LogP contribution in [0.2, 0.25) is 0 Å². The van der Waals surface area contributed by atoms with Crippen LogP contribution in [0.3, 0.4) is 0 Å². The van der Waals surface area contributed by atoms with Crippen LogP contribution in [0.4, 0.5) is 5.69 Å². The molecule has 0 saturated carbocycles. The summed E-state index contributed by atoms with van der Waals surface area (Å²) in [4.78, 5) is 2.67. The molecule has 0 spiro atoms. The molecule has 21 heavy (non-hydrogen) atoms. The summed E-state index contributed by atoms with van der Waals surface area (Å²) in [6.07, 6.45) is 4.65. The lowest BCUT2D eigenvalue weighted by molar-refractivity contribution is 0.481. The molecule has 0 aromatic heterocycles. The zero-order valence-corrected chi connectivity index (χ0v) is 13.2. The van der Waals surface area contributed by atoms with Gasteiger partial charge in [-0.3, -0.25) is 0 Å². The van der Waals surface area contributed by atoms with E-state index >= 15 is 0 Å². The highest BCUT2D eigenvalue weighted by molar-refractivity contribution is 7.89. The predicted molar refractivity (Wildman–Crippen MR) is 84.1 cm³/mol. The molecule has 0 bridgehead atoms. The molecule has 2 aliphatic rings. The predicted octanol–water partition coefficient (Wildman–Crippen LogP) is 1.32. The van der Waals surface area contributed by atoms with Gasteiger partial charge >= 0.3 is 0 Å². The topological polar surface area (TPSA) is 61.4 Å². The standard InChI is InChI=1S/C15H23N3O2S/c1-16-21(19,20)15-9-3-2-7-14(15)18-11-5-8-13(18)12-6-4-10-17-12/h2-3,7,9,12-13,16-17H,4-6,8,10-11H2,1H3. The van der Waals surface area contributed by atoms with Crippen LogP contribution in [0.1, 0.15) is 25.7 Å². The Morgan fingerprint density at radius 1 is 1.24 bits per heavy atom. The van der Waals surface area contributed by atoms with Crippen molar-refractivity contribution in [2.75, 3.05) is 25.0 Å². The number of benzene rings is 1. The highest BCUT2D eigenvalue weighted by Crippen LogP contribution is 2.33. The lowest BCUT2D eigenvalue weighted by Crippen LogP contribution is -2.44. The van der Waals surface area contributed by atoms with Crippen molar-refractivity contribution in [2.45, 2.75) is 42.7 Å².